The Bertz CT molecular complexity index is 805. The fraction of sp³-hybridized carbons (Fsp3) is 0.294. The zero-order chi connectivity index (χ0) is 14.9. The number of pyridine rings is 1. The zero-order valence-electron chi connectivity index (χ0n) is 12.2. The maximum atomic E-state index is 14.0. The van der Waals surface area contributed by atoms with Crippen LogP contribution in [0.15, 0.2) is 42.6 Å². The van der Waals surface area contributed by atoms with E-state index in [0.29, 0.717) is 18.0 Å². The third-order valence-corrected chi connectivity index (χ3v) is 4.25. The lowest BCUT2D eigenvalue weighted by Gasteiger charge is -2.13. The summed E-state index contributed by atoms with van der Waals surface area (Å²) < 4.78 is 16.1. The van der Waals surface area contributed by atoms with Crippen LogP contribution in [-0.4, -0.2) is 27.6 Å². The summed E-state index contributed by atoms with van der Waals surface area (Å²) in [5.41, 5.74) is 2.37. The molecule has 4 rings (SSSR count). The summed E-state index contributed by atoms with van der Waals surface area (Å²) in [5, 5.41) is 3.37. The first kappa shape index (κ1) is 13.4. The van der Waals surface area contributed by atoms with E-state index in [2.05, 4.69) is 14.9 Å². The third kappa shape index (κ3) is 2.27. The monoisotopic (exact) mass is 296 g/mol. The molecule has 1 atom stereocenters. The second-order valence-electron chi connectivity index (χ2n) is 5.68. The zero-order valence-corrected chi connectivity index (χ0v) is 12.2. The first-order valence-corrected chi connectivity index (χ1v) is 7.58. The fourth-order valence-electron chi connectivity index (χ4n) is 3.12. The molecule has 0 bridgehead atoms. The number of hydrogen-bond acceptors (Lipinski definition) is 3. The number of halogens is 1. The molecule has 112 valence electrons. The van der Waals surface area contributed by atoms with Crippen LogP contribution in [0.5, 0.6) is 0 Å². The van der Waals surface area contributed by atoms with Crippen molar-refractivity contribution in [3.8, 4) is 0 Å². The van der Waals surface area contributed by atoms with Gasteiger partial charge in [-0.05, 0) is 31.2 Å². The SMILES string of the molecule is Fc1ccccc1Cn1c(C2CCNC2)nc2cccnc21. The van der Waals surface area contributed by atoms with E-state index < -0.39 is 0 Å². The molecule has 1 fully saturated rings. The largest absolute Gasteiger partial charge is 0.316 e. The molecule has 1 aliphatic rings. The molecule has 0 spiro atoms. The van der Waals surface area contributed by atoms with Gasteiger partial charge in [0.25, 0.3) is 0 Å². The molecule has 3 aromatic rings. The topological polar surface area (TPSA) is 42.7 Å². The molecule has 22 heavy (non-hydrogen) atoms. The van der Waals surface area contributed by atoms with E-state index in [1.165, 1.54) is 6.07 Å². The average Bonchev–Trinajstić information content (AvgIpc) is 3.17. The number of aromatic nitrogens is 3. The standard InChI is InChI=1S/C17H17FN4/c18-14-5-2-1-4-13(14)11-22-16(12-7-9-19-10-12)21-15-6-3-8-20-17(15)22/h1-6,8,12,19H,7,9-11H2. The van der Waals surface area contributed by atoms with Gasteiger partial charge in [0, 0.05) is 24.2 Å². The Labute approximate surface area is 128 Å². The Morgan fingerprint density at radius 2 is 2.14 bits per heavy atom. The van der Waals surface area contributed by atoms with Crippen LogP contribution in [0, 0.1) is 5.82 Å². The molecular formula is C17H17FN4. The van der Waals surface area contributed by atoms with Crippen molar-refractivity contribution in [1.29, 1.82) is 0 Å². The van der Waals surface area contributed by atoms with Gasteiger partial charge in [0.1, 0.15) is 17.2 Å². The molecule has 0 saturated carbocycles. The van der Waals surface area contributed by atoms with E-state index in [0.717, 1.165) is 36.5 Å². The Balaban J connectivity index is 1.83. The molecule has 1 saturated heterocycles. The molecule has 1 unspecified atom stereocenters. The Kier molecular flexibility index (Phi) is 3.35. The van der Waals surface area contributed by atoms with E-state index in [4.69, 9.17) is 4.98 Å². The third-order valence-electron chi connectivity index (χ3n) is 4.25. The van der Waals surface area contributed by atoms with Gasteiger partial charge in [-0.2, -0.15) is 0 Å². The minimum absolute atomic E-state index is 0.184. The number of nitrogens with one attached hydrogen (secondary N) is 1. The number of benzene rings is 1. The predicted octanol–water partition coefficient (Wildman–Crippen LogP) is 2.70. The highest BCUT2D eigenvalue weighted by Crippen LogP contribution is 2.26. The lowest BCUT2D eigenvalue weighted by atomic mass is 10.1. The van der Waals surface area contributed by atoms with Crippen LogP contribution in [0.25, 0.3) is 11.2 Å². The normalized spacial score (nSPS) is 18.1. The van der Waals surface area contributed by atoms with Crippen LogP contribution in [0.4, 0.5) is 4.39 Å². The van der Waals surface area contributed by atoms with Crippen molar-refractivity contribution in [3.63, 3.8) is 0 Å². The molecule has 1 aromatic carbocycles. The van der Waals surface area contributed by atoms with Gasteiger partial charge in [0.15, 0.2) is 5.65 Å². The van der Waals surface area contributed by atoms with E-state index in [1.807, 2.05) is 24.3 Å². The fourth-order valence-corrected chi connectivity index (χ4v) is 3.12. The van der Waals surface area contributed by atoms with Crippen molar-refractivity contribution in [1.82, 2.24) is 19.9 Å². The van der Waals surface area contributed by atoms with E-state index in [9.17, 15) is 4.39 Å². The maximum Gasteiger partial charge on any atom is 0.160 e. The van der Waals surface area contributed by atoms with Crippen molar-refractivity contribution in [2.75, 3.05) is 13.1 Å². The second kappa shape index (κ2) is 5.50. The summed E-state index contributed by atoms with van der Waals surface area (Å²) in [4.78, 5) is 9.22. The minimum atomic E-state index is -0.184. The predicted molar refractivity (Wildman–Crippen MR) is 83.3 cm³/mol. The molecule has 0 amide bonds. The highest BCUT2D eigenvalue weighted by molar-refractivity contribution is 5.71. The van der Waals surface area contributed by atoms with Crippen LogP contribution in [0.2, 0.25) is 0 Å². The summed E-state index contributed by atoms with van der Waals surface area (Å²) >= 11 is 0. The summed E-state index contributed by atoms with van der Waals surface area (Å²) in [7, 11) is 0. The molecule has 5 heteroatoms. The smallest absolute Gasteiger partial charge is 0.160 e. The number of fused-ring (bicyclic) bond motifs is 1. The summed E-state index contributed by atoms with van der Waals surface area (Å²) in [5.74, 6) is 1.18. The van der Waals surface area contributed by atoms with Crippen molar-refractivity contribution >= 4 is 11.2 Å². The summed E-state index contributed by atoms with van der Waals surface area (Å²) in [6, 6.07) is 10.7. The highest BCUT2D eigenvalue weighted by atomic mass is 19.1. The van der Waals surface area contributed by atoms with E-state index in [1.54, 1.807) is 12.3 Å². The van der Waals surface area contributed by atoms with Gasteiger partial charge in [-0.25, -0.2) is 14.4 Å². The molecular weight excluding hydrogens is 279 g/mol. The lowest BCUT2D eigenvalue weighted by molar-refractivity contribution is 0.585. The summed E-state index contributed by atoms with van der Waals surface area (Å²) in [6.45, 7) is 2.38. The Morgan fingerprint density at radius 1 is 1.23 bits per heavy atom. The first-order chi connectivity index (χ1) is 10.8. The average molecular weight is 296 g/mol. The second-order valence-corrected chi connectivity index (χ2v) is 5.68. The van der Waals surface area contributed by atoms with E-state index in [-0.39, 0.29) is 5.82 Å². The van der Waals surface area contributed by atoms with E-state index >= 15 is 0 Å². The van der Waals surface area contributed by atoms with Crippen LogP contribution in [0.1, 0.15) is 23.7 Å². The number of nitrogens with zero attached hydrogens (tertiary/aromatic N) is 3. The van der Waals surface area contributed by atoms with Crippen molar-refractivity contribution in [2.45, 2.75) is 18.9 Å². The van der Waals surface area contributed by atoms with Gasteiger partial charge >= 0.3 is 0 Å². The number of rotatable bonds is 3. The van der Waals surface area contributed by atoms with Crippen molar-refractivity contribution in [2.24, 2.45) is 0 Å². The van der Waals surface area contributed by atoms with Gasteiger partial charge < -0.3 is 9.88 Å². The Morgan fingerprint density at radius 3 is 2.95 bits per heavy atom. The van der Waals surface area contributed by atoms with Gasteiger partial charge in [0.05, 0.1) is 6.54 Å². The van der Waals surface area contributed by atoms with Crippen LogP contribution < -0.4 is 5.32 Å². The van der Waals surface area contributed by atoms with Gasteiger partial charge in [-0.1, -0.05) is 18.2 Å². The van der Waals surface area contributed by atoms with Gasteiger partial charge in [-0.3, -0.25) is 0 Å². The maximum absolute atomic E-state index is 14.0. The molecule has 2 aromatic heterocycles. The molecule has 0 radical (unpaired) electrons. The van der Waals surface area contributed by atoms with Crippen LogP contribution >= 0.6 is 0 Å². The van der Waals surface area contributed by atoms with Crippen LogP contribution in [-0.2, 0) is 6.54 Å². The lowest BCUT2D eigenvalue weighted by Crippen LogP contribution is -2.14. The highest BCUT2D eigenvalue weighted by Gasteiger charge is 2.24. The minimum Gasteiger partial charge on any atom is -0.316 e. The molecule has 0 aliphatic carbocycles. The van der Waals surface area contributed by atoms with Gasteiger partial charge in [0.2, 0.25) is 0 Å². The molecule has 1 aliphatic heterocycles. The first-order valence-electron chi connectivity index (χ1n) is 7.58. The van der Waals surface area contributed by atoms with Crippen LogP contribution in [0.3, 0.4) is 0 Å². The Hall–Kier alpha value is -2.27. The van der Waals surface area contributed by atoms with Crippen molar-refractivity contribution < 1.29 is 4.39 Å². The van der Waals surface area contributed by atoms with Crippen molar-refractivity contribution in [3.05, 3.63) is 59.8 Å². The molecule has 4 nitrogen and oxygen atoms in total. The quantitative estimate of drug-likeness (QED) is 0.808. The molecule has 3 heterocycles. The number of hydrogen-bond donors (Lipinski definition) is 1. The van der Waals surface area contributed by atoms with Gasteiger partial charge in [-0.15, -0.1) is 0 Å². The number of imidazole rings is 1. The summed E-state index contributed by atoms with van der Waals surface area (Å²) in [6.07, 6.45) is 2.82. The molecule has 1 N–H and O–H groups in total.